The van der Waals surface area contributed by atoms with E-state index >= 15 is 0 Å². The zero-order valence-corrected chi connectivity index (χ0v) is 17.1. The Kier molecular flexibility index (Phi) is 6.74. The summed E-state index contributed by atoms with van der Waals surface area (Å²) in [6.45, 7) is 1.35. The van der Waals surface area contributed by atoms with Gasteiger partial charge in [-0.2, -0.15) is 13.2 Å². The second-order valence-corrected chi connectivity index (χ2v) is 7.63. The minimum Gasteiger partial charge on any atom is -0.491 e. The van der Waals surface area contributed by atoms with Crippen LogP contribution in [0.2, 0.25) is 5.02 Å². The molecule has 30 heavy (non-hydrogen) atoms. The van der Waals surface area contributed by atoms with Crippen LogP contribution in [0.1, 0.15) is 12.5 Å². The van der Waals surface area contributed by atoms with Crippen LogP contribution in [0.4, 0.5) is 18.9 Å². The number of aliphatic hydroxyl groups is 1. The minimum atomic E-state index is -4.56. The number of benzene rings is 1. The van der Waals surface area contributed by atoms with Crippen LogP contribution in [0.15, 0.2) is 41.7 Å². The maximum Gasteiger partial charge on any atom is 0.417 e. The number of nitrogens with one attached hydrogen (secondary N) is 1. The van der Waals surface area contributed by atoms with Gasteiger partial charge in [-0.1, -0.05) is 23.4 Å². The van der Waals surface area contributed by atoms with Gasteiger partial charge in [0.1, 0.15) is 12.4 Å². The Balaban J connectivity index is 1.59. The topological polar surface area (TPSA) is 88.8 Å². The summed E-state index contributed by atoms with van der Waals surface area (Å²) in [4.78, 5) is 11.0. The molecule has 0 aliphatic rings. The first-order chi connectivity index (χ1) is 14.1. The van der Waals surface area contributed by atoms with Gasteiger partial charge < -0.3 is 15.2 Å². The molecule has 0 spiro atoms. The molecule has 1 atom stereocenters. The number of nitrogens with zero attached hydrogens (tertiary/aromatic N) is 3. The van der Waals surface area contributed by atoms with Crippen LogP contribution in [-0.2, 0) is 11.0 Å². The molecule has 3 aromatic rings. The normalized spacial score (nSPS) is 12.7. The van der Waals surface area contributed by atoms with Gasteiger partial charge in [-0.25, -0.2) is 0 Å². The van der Waals surface area contributed by atoms with Crippen LogP contribution in [-0.4, -0.2) is 44.1 Å². The molecule has 1 amide bonds. The number of carbonyl (C=O) groups excluding carboxylic acids is 1. The number of aliphatic hydroxyl groups excluding tert-OH is 1. The highest BCUT2D eigenvalue weighted by Gasteiger charge is 2.32. The molecule has 2 N–H and O–H groups in total. The molecule has 7 nitrogen and oxygen atoms in total. The van der Waals surface area contributed by atoms with Crippen LogP contribution in [0.25, 0.3) is 5.65 Å². The summed E-state index contributed by atoms with van der Waals surface area (Å²) in [6.07, 6.45) is -4.62. The fraction of sp³-hybridized carbons (Fsp3) is 0.278. The van der Waals surface area contributed by atoms with Gasteiger partial charge in [0.05, 0.1) is 16.7 Å². The second-order valence-electron chi connectivity index (χ2n) is 6.23. The van der Waals surface area contributed by atoms with Gasteiger partial charge in [-0.3, -0.25) is 9.20 Å². The molecule has 2 aromatic heterocycles. The number of thioether (sulfide) groups is 1. The van der Waals surface area contributed by atoms with Crippen molar-refractivity contribution in [1.82, 2.24) is 14.6 Å². The third-order valence-electron chi connectivity index (χ3n) is 3.78. The van der Waals surface area contributed by atoms with Crippen molar-refractivity contribution in [1.29, 1.82) is 0 Å². The Morgan fingerprint density at radius 2 is 2.03 bits per heavy atom. The molecule has 1 unspecified atom stereocenters. The van der Waals surface area contributed by atoms with Crippen molar-refractivity contribution in [3.8, 4) is 5.75 Å². The van der Waals surface area contributed by atoms with Gasteiger partial charge >= 0.3 is 6.18 Å². The predicted octanol–water partition coefficient (Wildman–Crippen LogP) is 3.89. The van der Waals surface area contributed by atoms with Crippen LogP contribution in [0.3, 0.4) is 0 Å². The van der Waals surface area contributed by atoms with Crippen LogP contribution < -0.4 is 10.1 Å². The van der Waals surface area contributed by atoms with Gasteiger partial charge in [0.2, 0.25) is 5.91 Å². The third-order valence-corrected chi connectivity index (χ3v) is 5.14. The summed E-state index contributed by atoms with van der Waals surface area (Å²) in [5.41, 5.74) is -0.216. The maximum atomic E-state index is 13.0. The van der Waals surface area contributed by atoms with Gasteiger partial charge in [-0.15, -0.1) is 10.2 Å². The van der Waals surface area contributed by atoms with E-state index in [2.05, 4.69) is 15.5 Å². The lowest BCUT2D eigenvalue weighted by Gasteiger charge is -2.12. The summed E-state index contributed by atoms with van der Waals surface area (Å²) in [5.74, 6) is 0.405. The molecule has 0 saturated carbocycles. The zero-order valence-electron chi connectivity index (χ0n) is 15.5. The van der Waals surface area contributed by atoms with E-state index in [1.807, 2.05) is 0 Å². The fourth-order valence-corrected chi connectivity index (χ4v) is 3.50. The third kappa shape index (κ3) is 5.55. The largest absolute Gasteiger partial charge is 0.491 e. The van der Waals surface area contributed by atoms with Gasteiger partial charge in [0, 0.05) is 24.6 Å². The van der Waals surface area contributed by atoms with Crippen LogP contribution >= 0.6 is 23.4 Å². The number of amides is 1. The van der Waals surface area contributed by atoms with Crippen molar-refractivity contribution < 1.29 is 27.8 Å². The van der Waals surface area contributed by atoms with E-state index in [4.69, 9.17) is 16.3 Å². The molecule has 0 bridgehead atoms. The molecule has 3 rings (SSSR count). The Hall–Kier alpha value is -2.50. The quantitative estimate of drug-likeness (QED) is 0.520. The van der Waals surface area contributed by atoms with E-state index in [9.17, 15) is 23.1 Å². The number of pyridine rings is 1. The highest BCUT2D eigenvalue weighted by atomic mass is 35.5. The molecule has 2 heterocycles. The Morgan fingerprint density at radius 3 is 2.67 bits per heavy atom. The summed E-state index contributed by atoms with van der Waals surface area (Å²) >= 11 is 6.90. The highest BCUT2D eigenvalue weighted by Crippen LogP contribution is 2.33. The van der Waals surface area contributed by atoms with E-state index in [1.54, 1.807) is 24.3 Å². The number of anilines is 1. The predicted molar refractivity (Wildman–Crippen MR) is 106 cm³/mol. The lowest BCUT2D eigenvalue weighted by molar-refractivity contribution is -0.137. The van der Waals surface area contributed by atoms with Gasteiger partial charge in [-0.05, 0) is 30.3 Å². The number of ether oxygens (including phenoxy) is 1. The minimum absolute atomic E-state index is 0.0439. The number of carbonyl (C=O) groups is 1. The zero-order chi connectivity index (χ0) is 21.9. The first kappa shape index (κ1) is 22.2. The second kappa shape index (κ2) is 9.11. The number of hydrogen-bond acceptors (Lipinski definition) is 6. The van der Waals surface area contributed by atoms with E-state index < -0.39 is 17.8 Å². The van der Waals surface area contributed by atoms with E-state index in [0.29, 0.717) is 11.4 Å². The summed E-state index contributed by atoms with van der Waals surface area (Å²) < 4.78 is 45.6. The average Bonchev–Trinajstić information content (AvgIpc) is 3.08. The molecule has 0 saturated heterocycles. The van der Waals surface area contributed by atoms with Gasteiger partial charge in [0.15, 0.2) is 10.8 Å². The standard InChI is InChI=1S/C18H16ClF3N4O3S/c1-10(27)23-12-2-4-14(5-3-12)29-8-13(28)9-30-17-25-24-16-15(19)6-11(7-26(16)17)18(20,21)22/h2-7,13,28H,8-9H2,1H3,(H,23,27). The first-order valence-corrected chi connectivity index (χ1v) is 9.92. The fourth-order valence-electron chi connectivity index (χ4n) is 2.44. The molecule has 0 fully saturated rings. The van der Waals surface area contributed by atoms with Crippen molar-refractivity contribution in [3.63, 3.8) is 0 Å². The van der Waals surface area contributed by atoms with Crippen LogP contribution in [0.5, 0.6) is 5.75 Å². The maximum absolute atomic E-state index is 13.0. The summed E-state index contributed by atoms with van der Waals surface area (Å²) in [6, 6.07) is 7.37. The van der Waals surface area contributed by atoms with E-state index in [0.717, 1.165) is 28.4 Å². The number of halogens is 4. The molecular weight excluding hydrogens is 445 g/mol. The highest BCUT2D eigenvalue weighted by molar-refractivity contribution is 7.99. The molecule has 0 radical (unpaired) electrons. The average molecular weight is 461 g/mol. The van der Waals surface area contributed by atoms with E-state index in [1.165, 1.54) is 6.92 Å². The van der Waals surface area contributed by atoms with Crippen molar-refractivity contribution >= 4 is 40.6 Å². The van der Waals surface area contributed by atoms with Crippen molar-refractivity contribution in [3.05, 3.63) is 47.1 Å². The number of fused-ring (bicyclic) bond motifs is 1. The summed E-state index contributed by atoms with van der Waals surface area (Å²) in [7, 11) is 0. The number of aromatic nitrogens is 3. The van der Waals surface area contributed by atoms with Crippen molar-refractivity contribution in [2.75, 3.05) is 17.7 Å². The summed E-state index contributed by atoms with van der Waals surface area (Å²) in [5, 5.41) is 20.4. The smallest absolute Gasteiger partial charge is 0.417 e. The SMILES string of the molecule is CC(=O)Nc1ccc(OCC(O)CSc2nnc3c(Cl)cc(C(F)(F)F)cn23)cc1. The molecule has 160 valence electrons. The van der Waals surface area contributed by atoms with E-state index in [-0.39, 0.29) is 34.1 Å². The molecule has 0 aliphatic heterocycles. The Bertz CT molecular complexity index is 1040. The Morgan fingerprint density at radius 1 is 1.33 bits per heavy atom. The lowest BCUT2D eigenvalue weighted by atomic mass is 10.3. The van der Waals surface area contributed by atoms with Crippen molar-refractivity contribution in [2.24, 2.45) is 0 Å². The molecule has 0 aliphatic carbocycles. The van der Waals surface area contributed by atoms with Crippen LogP contribution in [0, 0.1) is 0 Å². The molecule has 12 heteroatoms. The van der Waals surface area contributed by atoms with Crippen molar-refractivity contribution in [2.45, 2.75) is 24.4 Å². The number of rotatable bonds is 7. The Labute approximate surface area is 178 Å². The number of alkyl halides is 3. The lowest BCUT2D eigenvalue weighted by Crippen LogP contribution is -2.20. The number of hydrogen-bond donors (Lipinski definition) is 2. The monoisotopic (exact) mass is 460 g/mol. The first-order valence-electron chi connectivity index (χ1n) is 8.56. The molecular formula is C18H16ClF3N4O3S. The van der Waals surface area contributed by atoms with Gasteiger partial charge in [0.25, 0.3) is 0 Å². The molecule has 1 aromatic carbocycles.